The number of rotatable bonds is 6. The van der Waals surface area contributed by atoms with Gasteiger partial charge in [-0.25, -0.2) is 8.78 Å². The number of benzene rings is 2. The zero-order chi connectivity index (χ0) is 24.2. The van der Waals surface area contributed by atoms with Gasteiger partial charge in [0.05, 0.1) is 0 Å². The molecule has 1 aliphatic heterocycles. The number of carbonyl (C=O) groups is 3. The van der Waals surface area contributed by atoms with Crippen LogP contribution in [0.3, 0.4) is 0 Å². The van der Waals surface area contributed by atoms with E-state index in [1.54, 1.807) is 17.9 Å². The van der Waals surface area contributed by atoms with E-state index in [2.05, 4.69) is 10.6 Å². The van der Waals surface area contributed by atoms with Gasteiger partial charge < -0.3 is 15.5 Å². The fourth-order valence-electron chi connectivity index (χ4n) is 5.04. The summed E-state index contributed by atoms with van der Waals surface area (Å²) < 4.78 is 27.0. The van der Waals surface area contributed by atoms with Crippen LogP contribution in [0, 0.1) is 24.5 Å². The second kappa shape index (κ2) is 10.3. The number of nitrogens with zero attached hydrogens (tertiary/aromatic N) is 1. The number of amides is 3. The molecule has 3 unspecified atom stereocenters. The first kappa shape index (κ1) is 23.9. The summed E-state index contributed by atoms with van der Waals surface area (Å²) >= 11 is 0. The van der Waals surface area contributed by atoms with Crippen LogP contribution in [0.4, 0.5) is 8.78 Å². The summed E-state index contributed by atoms with van der Waals surface area (Å²) in [5.41, 5.74) is 1.04. The first-order valence-corrected chi connectivity index (χ1v) is 11.8. The van der Waals surface area contributed by atoms with Gasteiger partial charge in [0, 0.05) is 30.3 Å². The molecule has 4 rings (SSSR count). The Balaban J connectivity index is 1.37. The minimum absolute atomic E-state index is 0.00168. The maximum absolute atomic E-state index is 13.7. The number of fused-ring (bicyclic) bond motifs is 1. The monoisotopic (exact) mass is 469 g/mol. The van der Waals surface area contributed by atoms with Crippen molar-refractivity contribution < 1.29 is 23.2 Å². The molecule has 34 heavy (non-hydrogen) atoms. The van der Waals surface area contributed by atoms with E-state index in [9.17, 15) is 23.2 Å². The molecule has 1 saturated heterocycles. The first-order chi connectivity index (χ1) is 16.3. The minimum Gasteiger partial charge on any atom is -0.353 e. The van der Waals surface area contributed by atoms with Crippen LogP contribution in [-0.4, -0.2) is 47.8 Å². The Hall–Kier alpha value is -3.29. The van der Waals surface area contributed by atoms with E-state index < -0.39 is 23.6 Å². The van der Waals surface area contributed by atoms with Crippen molar-refractivity contribution in [2.45, 2.75) is 51.1 Å². The number of halogens is 2. The van der Waals surface area contributed by atoms with Crippen molar-refractivity contribution >= 4 is 17.7 Å². The van der Waals surface area contributed by atoms with Gasteiger partial charge in [0.15, 0.2) is 0 Å². The van der Waals surface area contributed by atoms with Gasteiger partial charge in [0.1, 0.15) is 17.7 Å². The number of aryl methyl sites for hydroxylation is 1. The molecule has 6 nitrogen and oxygen atoms in total. The summed E-state index contributed by atoms with van der Waals surface area (Å²) in [5, 5.41) is 5.50. The molecule has 2 aromatic carbocycles. The van der Waals surface area contributed by atoms with Gasteiger partial charge in [0.2, 0.25) is 5.91 Å². The van der Waals surface area contributed by atoms with Crippen molar-refractivity contribution in [2.75, 3.05) is 13.1 Å². The van der Waals surface area contributed by atoms with Crippen molar-refractivity contribution in [3.8, 4) is 0 Å². The second-order valence-electron chi connectivity index (χ2n) is 9.09. The SMILES string of the molecule is Cc1ccc(C(=O)NCCNC(=O)C2CC3CCCCC3N2C(=O)c2ccc(F)cc2)cc1F. The standard InChI is InChI=1S/C26H29F2N3O3/c1-16-6-7-19(14-21(16)28)24(32)29-12-13-30-25(33)23-15-18-4-2-3-5-22(18)31(23)26(34)17-8-10-20(27)11-9-17/h6-11,14,18,22-23H,2-5,12-13,15H2,1H3,(H,29,32)(H,30,33). The van der Waals surface area contributed by atoms with Gasteiger partial charge in [-0.05, 0) is 74.1 Å². The average molecular weight is 470 g/mol. The fraction of sp³-hybridized carbons (Fsp3) is 0.423. The molecule has 0 aromatic heterocycles. The lowest BCUT2D eigenvalue weighted by molar-refractivity contribution is -0.125. The Morgan fingerprint density at radius 2 is 1.62 bits per heavy atom. The number of nitrogens with one attached hydrogen (secondary N) is 2. The maximum atomic E-state index is 13.7. The summed E-state index contributed by atoms with van der Waals surface area (Å²) in [4.78, 5) is 40.3. The minimum atomic E-state index is -0.604. The van der Waals surface area contributed by atoms with E-state index in [-0.39, 0.29) is 42.4 Å². The van der Waals surface area contributed by atoms with Crippen molar-refractivity contribution in [1.29, 1.82) is 0 Å². The summed E-state index contributed by atoms with van der Waals surface area (Å²) in [7, 11) is 0. The van der Waals surface area contributed by atoms with Crippen molar-refractivity contribution in [2.24, 2.45) is 5.92 Å². The maximum Gasteiger partial charge on any atom is 0.254 e. The van der Waals surface area contributed by atoms with E-state index in [0.29, 0.717) is 17.5 Å². The normalized spacial score (nSPS) is 21.6. The van der Waals surface area contributed by atoms with Crippen LogP contribution in [0.25, 0.3) is 0 Å². The van der Waals surface area contributed by atoms with Gasteiger partial charge in [0.25, 0.3) is 11.8 Å². The Morgan fingerprint density at radius 1 is 0.941 bits per heavy atom. The lowest BCUT2D eigenvalue weighted by atomic mass is 9.84. The predicted molar refractivity (Wildman–Crippen MR) is 123 cm³/mol. The molecular formula is C26H29F2N3O3. The lowest BCUT2D eigenvalue weighted by Gasteiger charge is -2.33. The molecule has 8 heteroatoms. The zero-order valence-electron chi connectivity index (χ0n) is 19.2. The number of carbonyl (C=O) groups excluding carboxylic acids is 3. The van der Waals surface area contributed by atoms with Crippen LogP contribution in [0.1, 0.15) is 58.4 Å². The zero-order valence-corrected chi connectivity index (χ0v) is 19.2. The van der Waals surface area contributed by atoms with Gasteiger partial charge in [-0.2, -0.15) is 0 Å². The van der Waals surface area contributed by atoms with Crippen LogP contribution in [-0.2, 0) is 4.79 Å². The predicted octanol–water partition coefficient (Wildman–Crippen LogP) is 3.59. The van der Waals surface area contributed by atoms with Crippen LogP contribution in [0.5, 0.6) is 0 Å². The summed E-state index contributed by atoms with van der Waals surface area (Å²) in [6, 6.07) is 9.06. The highest BCUT2D eigenvalue weighted by Gasteiger charge is 2.47. The number of hydrogen-bond donors (Lipinski definition) is 2. The summed E-state index contributed by atoms with van der Waals surface area (Å²) in [5.74, 6) is -1.55. The molecule has 2 N–H and O–H groups in total. The Morgan fingerprint density at radius 3 is 2.35 bits per heavy atom. The molecule has 3 amide bonds. The molecule has 2 aromatic rings. The molecule has 2 fully saturated rings. The van der Waals surface area contributed by atoms with Crippen LogP contribution >= 0.6 is 0 Å². The highest BCUT2D eigenvalue weighted by Crippen LogP contribution is 2.40. The smallest absolute Gasteiger partial charge is 0.254 e. The van der Waals surface area contributed by atoms with E-state index in [4.69, 9.17) is 0 Å². The molecular weight excluding hydrogens is 440 g/mol. The van der Waals surface area contributed by atoms with Gasteiger partial charge >= 0.3 is 0 Å². The van der Waals surface area contributed by atoms with E-state index in [0.717, 1.165) is 25.7 Å². The summed E-state index contributed by atoms with van der Waals surface area (Å²) in [6.45, 7) is 1.98. The molecule has 0 spiro atoms. The summed E-state index contributed by atoms with van der Waals surface area (Å²) in [6.07, 6.45) is 4.52. The Kier molecular flexibility index (Phi) is 7.24. The highest BCUT2D eigenvalue weighted by atomic mass is 19.1. The molecule has 3 atom stereocenters. The van der Waals surface area contributed by atoms with Crippen molar-refractivity contribution in [1.82, 2.24) is 15.5 Å². The molecule has 1 heterocycles. The van der Waals surface area contributed by atoms with Gasteiger partial charge in [-0.1, -0.05) is 18.9 Å². The van der Waals surface area contributed by atoms with E-state index in [1.165, 1.54) is 36.4 Å². The molecule has 180 valence electrons. The van der Waals surface area contributed by atoms with Gasteiger partial charge in [-0.3, -0.25) is 14.4 Å². The van der Waals surface area contributed by atoms with Crippen LogP contribution in [0.2, 0.25) is 0 Å². The molecule has 0 bridgehead atoms. The van der Waals surface area contributed by atoms with E-state index in [1.807, 2.05) is 0 Å². The van der Waals surface area contributed by atoms with Gasteiger partial charge in [-0.15, -0.1) is 0 Å². The molecule has 1 saturated carbocycles. The Labute approximate surface area is 197 Å². The third-order valence-corrected chi connectivity index (χ3v) is 6.86. The second-order valence-corrected chi connectivity index (χ2v) is 9.09. The largest absolute Gasteiger partial charge is 0.353 e. The highest BCUT2D eigenvalue weighted by molar-refractivity contribution is 5.98. The van der Waals surface area contributed by atoms with Crippen LogP contribution < -0.4 is 10.6 Å². The lowest BCUT2D eigenvalue weighted by Crippen LogP contribution is -2.50. The third-order valence-electron chi connectivity index (χ3n) is 6.86. The Bertz CT molecular complexity index is 1070. The van der Waals surface area contributed by atoms with Crippen molar-refractivity contribution in [3.63, 3.8) is 0 Å². The number of likely N-dealkylation sites (tertiary alicyclic amines) is 1. The number of hydrogen-bond acceptors (Lipinski definition) is 3. The molecule has 0 radical (unpaired) electrons. The topological polar surface area (TPSA) is 78.5 Å². The quantitative estimate of drug-likeness (QED) is 0.635. The average Bonchev–Trinajstić information content (AvgIpc) is 3.23. The first-order valence-electron chi connectivity index (χ1n) is 11.8. The van der Waals surface area contributed by atoms with E-state index >= 15 is 0 Å². The fourth-order valence-corrected chi connectivity index (χ4v) is 5.04. The third kappa shape index (κ3) is 5.11. The van der Waals surface area contributed by atoms with Crippen LogP contribution in [0.15, 0.2) is 42.5 Å². The molecule has 2 aliphatic rings. The molecule has 1 aliphatic carbocycles. The van der Waals surface area contributed by atoms with Crippen molar-refractivity contribution in [3.05, 3.63) is 70.8 Å².